The fraction of sp³-hybridized carbons (Fsp3) is 0.467. The summed E-state index contributed by atoms with van der Waals surface area (Å²) in [5.74, 6) is 0.109. The zero-order valence-corrected chi connectivity index (χ0v) is 11.9. The lowest BCUT2D eigenvalue weighted by Crippen LogP contribution is -2.14. The van der Waals surface area contributed by atoms with Gasteiger partial charge in [0, 0.05) is 13.0 Å². The number of fused-ring (bicyclic) bond motifs is 1. The second-order valence-electron chi connectivity index (χ2n) is 6.02. The van der Waals surface area contributed by atoms with E-state index in [0.717, 1.165) is 29.8 Å². The van der Waals surface area contributed by atoms with Crippen LogP contribution in [0.25, 0.3) is 11.0 Å². The summed E-state index contributed by atoms with van der Waals surface area (Å²) in [4.78, 5) is 15.6. The average molecular weight is 260 g/mol. The van der Waals surface area contributed by atoms with E-state index in [-0.39, 0.29) is 11.0 Å². The van der Waals surface area contributed by atoms with Crippen molar-refractivity contribution in [3.8, 4) is 0 Å². The lowest BCUT2D eigenvalue weighted by atomic mass is 9.92. The lowest BCUT2D eigenvalue weighted by molar-refractivity contribution is 0.0697. The molecule has 2 rings (SSSR count). The SMILES string of the molecule is CCn1c(CC(C)(C)C)nc2cc(C(=O)O)ccc21. The average Bonchev–Trinajstić information content (AvgIpc) is 2.62. The maximum absolute atomic E-state index is 11.0. The van der Waals surface area contributed by atoms with Crippen molar-refractivity contribution in [3.05, 3.63) is 29.6 Å². The largest absolute Gasteiger partial charge is 0.478 e. The van der Waals surface area contributed by atoms with E-state index in [9.17, 15) is 4.79 Å². The lowest BCUT2D eigenvalue weighted by Gasteiger charge is -2.18. The molecule has 0 saturated heterocycles. The van der Waals surface area contributed by atoms with Crippen LogP contribution >= 0.6 is 0 Å². The molecule has 1 aromatic carbocycles. The Kier molecular flexibility index (Phi) is 3.35. The molecule has 0 aliphatic heterocycles. The van der Waals surface area contributed by atoms with Gasteiger partial charge in [0.25, 0.3) is 0 Å². The third-order valence-corrected chi connectivity index (χ3v) is 3.08. The number of aryl methyl sites for hydroxylation is 1. The Balaban J connectivity index is 2.56. The summed E-state index contributed by atoms with van der Waals surface area (Å²) >= 11 is 0. The minimum atomic E-state index is -0.912. The number of carboxylic acid groups (broad SMARTS) is 1. The van der Waals surface area contributed by atoms with Gasteiger partial charge in [-0.05, 0) is 30.5 Å². The number of hydrogen-bond donors (Lipinski definition) is 1. The van der Waals surface area contributed by atoms with Gasteiger partial charge < -0.3 is 9.67 Å². The Hall–Kier alpha value is -1.84. The first-order valence-electron chi connectivity index (χ1n) is 6.54. The van der Waals surface area contributed by atoms with E-state index in [2.05, 4.69) is 37.2 Å². The van der Waals surface area contributed by atoms with Crippen LogP contribution in [0.1, 0.15) is 43.9 Å². The number of carboxylic acids is 1. The monoisotopic (exact) mass is 260 g/mol. The van der Waals surface area contributed by atoms with Crippen molar-refractivity contribution in [2.24, 2.45) is 5.41 Å². The highest BCUT2D eigenvalue weighted by Gasteiger charge is 2.18. The quantitative estimate of drug-likeness (QED) is 0.920. The highest BCUT2D eigenvalue weighted by Crippen LogP contribution is 2.24. The molecule has 0 radical (unpaired) electrons. The molecule has 2 aromatic rings. The van der Waals surface area contributed by atoms with E-state index < -0.39 is 5.97 Å². The van der Waals surface area contributed by atoms with Gasteiger partial charge in [-0.2, -0.15) is 0 Å². The Morgan fingerprint density at radius 2 is 2.05 bits per heavy atom. The molecule has 0 atom stereocenters. The van der Waals surface area contributed by atoms with E-state index in [1.165, 1.54) is 0 Å². The number of carbonyl (C=O) groups is 1. The van der Waals surface area contributed by atoms with Crippen LogP contribution in [0.5, 0.6) is 0 Å². The van der Waals surface area contributed by atoms with Gasteiger partial charge in [0.2, 0.25) is 0 Å². The molecule has 19 heavy (non-hydrogen) atoms. The standard InChI is InChI=1S/C15H20N2O2/c1-5-17-12-7-6-10(14(18)19)8-11(12)16-13(17)9-15(2,3)4/h6-8H,5,9H2,1-4H3,(H,18,19). The first-order valence-corrected chi connectivity index (χ1v) is 6.54. The topological polar surface area (TPSA) is 55.1 Å². The molecular weight excluding hydrogens is 240 g/mol. The van der Waals surface area contributed by atoms with Crippen LogP contribution in [0, 0.1) is 5.41 Å². The van der Waals surface area contributed by atoms with Crippen LogP contribution in [-0.4, -0.2) is 20.6 Å². The third kappa shape index (κ3) is 2.78. The minimum absolute atomic E-state index is 0.157. The first kappa shape index (κ1) is 13.6. The Morgan fingerprint density at radius 1 is 1.37 bits per heavy atom. The molecule has 0 bridgehead atoms. The van der Waals surface area contributed by atoms with Crippen molar-refractivity contribution in [3.63, 3.8) is 0 Å². The first-order chi connectivity index (χ1) is 8.81. The van der Waals surface area contributed by atoms with Gasteiger partial charge in [0.1, 0.15) is 5.82 Å². The van der Waals surface area contributed by atoms with Crippen LogP contribution < -0.4 is 0 Å². The van der Waals surface area contributed by atoms with E-state index in [4.69, 9.17) is 5.11 Å². The summed E-state index contributed by atoms with van der Waals surface area (Å²) in [7, 11) is 0. The van der Waals surface area contributed by atoms with Crippen LogP contribution in [0.15, 0.2) is 18.2 Å². The molecule has 0 amide bonds. The zero-order chi connectivity index (χ0) is 14.2. The van der Waals surface area contributed by atoms with Crippen molar-refractivity contribution in [2.75, 3.05) is 0 Å². The molecule has 0 fully saturated rings. The summed E-state index contributed by atoms with van der Waals surface area (Å²) in [5, 5.41) is 9.03. The Bertz CT molecular complexity index is 621. The van der Waals surface area contributed by atoms with Gasteiger partial charge >= 0.3 is 5.97 Å². The van der Waals surface area contributed by atoms with E-state index in [1.807, 2.05) is 6.07 Å². The van der Waals surface area contributed by atoms with Crippen LogP contribution in [0.4, 0.5) is 0 Å². The molecule has 0 aliphatic rings. The maximum Gasteiger partial charge on any atom is 0.335 e. The number of hydrogen-bond acceptors (Lipinski definition) is 2. The Labute approximate surface area is 113 Å². The maximum atomic E-state index is 11.0. The van der Waals surface area contributed by atoms with Crippen molar-refractivity contribution >= 4 is 17.0 Å². The highest BCUT2D eigenvalue weighted by molar-refractivity contribution is 5.92. The molecule has 0 saturated carbocycles. The molecule has 1 N–H and O–H groups in total. The third-order valence-electron chi connectivity index (χ3n) is 3.08. The Morgan fingerprint density at radius 3 is 2.58 bits per heavy atom. The normalized spacial score (nSPS) is 12.0. The van der Waals surface area contributed by atoms with Crippen molar-refractivity contribution in [1.29, 1.82) is 0 Å². The van der Waals surface area contributed by atoms with Gasteiger partial charge in [-0.25, -0.2) is 9.78 Å². The number of imidazole rings is 1. The molecular formula is C15H20N2O2. The van der Waals surface area contributed by atoms with Gasteiger partial charge in [-0.1, -0.05) is 20.8 Å². The molecule has 0 aliphatic carbocycles. The van der Waals surface area contributed by atoms with Gasteiger partial charge in [0.15, 0.2) is 0 Å². The fourth-order valence-electron chi connectivity index (χ4n) is 2.27. The van der Waals surface area contributed by atoms with E-state index >= 15 is 0 Å². The number of nitrogens with zero attached hydrogens (tertiary/aromatic N) is 2. The highest BCUT2D eigenvalue weighted by atomic mass is 16.4. The minimum Gasteiger partial charge on any atom is -0.478 e. The van der Waals surface area contributed by atoms with Crippen molar-refractivity contribution < 1.29 is 9.90 Å². The fourth-order valence-corrected chi connectivity index (χ4v) is 2.27. The van der Waals surface area contributed by atoms with E-state index in [0.29, 0.717) is 0 Å². The molecule has 0 spiro atoms. The summed E-state index contributed by atoms with van der Waals surface area (Å²) in [6.07, 6.45) is 0.873. The predicted molar refractivity (Wildman–Crippen MR) is 75.5 cm³/mol. The van der Waals surface area contributed by atoms with Crippen molar-refractivity contribution in [1.82, 2.24) is 9.55 Å². The predicted octanol–water partition coefficient (Wildman–Crippen LogP) is 3.34. The van der Waals surface area contributed by atoms with E-state index in [1.54, 1.807) is 12.1 Å². The second kappa shape index (κ2) is 4.68. The van der Waals surface area contributed by atoms with Crippen LogP contribution in [0.2, 0.25) is 0 Å². The molecule has 102 valence electrons. The molecule has 1 aromatic heterocycles. The number of rotatable bonds is 3. The summed E-state index contributed by atoms with van der Waals surface area (Å²) < 4.78 is 2.16. The smallest absolute Gasteiger partial charge is 0.335 e. The molecule has 4 nitrogen and oxygen atoms in total. The number of benzene rings is 1. The van der Waals surface area contributed by atoms with Gasteiger partial charge in [-0.3, -0.25) is 0 Å². The molecule has 0 unspecified atom stereocenters. The van der Waals surface area contributed by atoms with Gasteiger partial charge in [0.05, 0.1) is 16.6 Å². The summed E-state index contributed by atoms with van der Waals surface area (Å²) in [5.41, 5.74) is 2.22. The zero-order valence-electron chi connectivity index (χ0n) is 11.9. The van der Waals surface area contributed by atoms with Crippen LogP contribution in [-0.2, 0) is 13.0 Å². The number of aromatic nitrogens is 2. The molecule has 4 heteroatoms. The van der Waals surface area contributed by atoms with Gasteiger partial charge in [-0.15, -0.1) is 0 Å². The summed E-state index contributed by atoms with van der Waals surface area (Å²) in [6.45, 7) is 9.45. The summed E-state index contributed by atoms with van der Waals surface area (Å²) in [6, 6.07) is 5.14. The van der Waals surface area contributed by atoms with Crippen molar-refractivity contribution in [2.45, 2.75) is 40.7 Å². The molecule has 1 heterocycles. The number of aromatic carboxylic acids is 1. The van der Waals surface area contributed by atoms with Crippen LogP contribution in [0.3, 0.4) is 0 Å². The second-order valence-corrected chi connectivity index (χ2v) is 6.02.